The average molecular weight is 520 g/mol. The number of nitrogens with one attached hydrogen (secondary N) is 1. The monoisotopic (exact) mass is 518 g/mol. The Kier molecular flexibility index (Phi) is 20.3. The molecule has 6 nitrogen and oxygen atoms in total. The van der Waals surface area contributed by atoms with Gasteiger partial charge < -0.3 is 20.5 Å². The summed E-state index contributed by atoms with van der Waals surface area (Å²) in [7, 11) is 1.99. The Hall–Kier alpha value is -2.25. The Bertz CT molecular complexity index is 788. The van der Waals surface area contributed by atoms with Crippen LogP contribution in [-0.2, 0) is 9.59 Å². The summed E-state index contributed by atoms with van der Waals surface area (Å²) in [6.07, 6.45) is 3.05. The lowest BCUT2D eigenvalue weighted by atomic mass is 9.99. The first-order chi connectivity index (χ1) is 15.7. The highest BCUT2D eigenvalue weighted by Crippen LogP contribution is 2.26. The van der Waals surface area contributed by atoms with Gasteiger partial charge in [-0.3, -0.25) is 9.59 Å². The van der Waals surface area contributed by atoms with Gasteiger partial charge in [-0.05, 0) is 70.1 Å². The first-order valence-electron chi connectivity index (χ1n) is 9.93. The fraction of sp³-hybridized carbons (Fsp3) is 0.333. The van der Waals surface area contributed by atoms with Crippen molar-refractivity contribution in [3.8, 4) is 11.5 Å². The molecule has 0 radical (unpaired) electrons. The zero-order valence-corrected chi connectivity index (χ0v) is 21.6. The topological polar surface area (TPSA) is 90.6 Å². The van der Waals surface area contributed by atoms with Gasteiger partial charge in [0, 0.05) is 16.6 Å². The first-order valence-corrected chi connectivity index (χ1v) is 11.1. The maximum atomic E-state index is 9.95. The Morgan fingerprint density at radius 2 is 1.52 bits per heavy atom. The summed E-state index contributed by atoms with van der Waals surface area (Å²) in [5.74, 6) is 1.42. The van der Waals surface area contributed by atoms with E-state index >= 15 is 0 Å². The van der Waals surface area contributed by atoms with Crippen LogP contribution in [0.25, 0.3) is 0 Å². The van der Waals surface area contributed by atoms with Crippen LogP contribution in [0, 0.1) is 0 Å². The van der Waals surface area contributed by atoms with Gasteiger partial charge in [-0.2, -0.15) is 0 Å². The van der Waals surface area contributed by atoms with E-state index in [4.69, 9.17) is 49.1 Å². The lowest BCUT2D eigenvalue weighted by molar-refractivity contribution is -0.109. The highest BCUT2D eigenvalue weighted by Gasteiger charge is 2.13. The molecule has 0 aliphatic carbocycles. The normalized spacial score (nSPS) is 9.52. The number of ether oxygens (including phenoxy) is 2. The number of nitrogens with two attached hydrogens (primary N) is 1. The summed E-state index contributed by atoms with van der Waals surface area (Å²) >= 11 is 17.1. The predicted molar refractivity (Wildman–Crippen MR) is 139 cm³/mol. The van der Waals surface area contributed by atoms with Gasteiger partial charge in [-0.1, -0.05) is 34.8 Å². The molecule has 0 aliphatic heterocycles. The van der Waals surface area contributed by atoms with Gasteiger partial charge in [0.15, 0.2) is 6.29 Å². The summed E-state index contributed by atoms with van der Waals surface area (Å²) in [6, 6.07) is 12.3. The van der Waals surface area contributed by atoms with Gasteiger partial charge in [0.05, 0.1) is 16.7 Å². The van der Waals surface area contributed by atoms with Crippen molar-refractivity contribution in [3.63, 3.8) is 0 Å². The predicted octanol–water partition coefficient (Wildman–Crippen LogP) is 5.97. The lowest BCUT2D eigenvalue weighted by Crippen LogP contribution is -2.36. The van der Waals surface area contributed by atoms with E-state index < -0.39 is 0 Å². The molecule has 0 heterocycles. The molecule has 3 N–H and O–H groups in total. The van der Waals surface area contributed by atoms with E-state index in [-0.39, 0.29) is 18.6 Å². The van der Waals surface area contributed by atoms with Gasteiger partial charge in [0.2, 0.25) is 6.41 Å². The summed E-state index contributed by atoms with van der Waals surface area (Å²) in [5.41, 5.74) is 4.35. The summed E-state index contributed by atoms with van der Waals surface area (Å²) in [4.78, 5) is 18.5. The molecule has 0 atom stereocenters. The van der Waals surface area contributed by atoms with Crippen LogP contribution in [-0.4, -0.2) is 38.5 Å². The minimum atomic E-state index is 0.0258. The van der Waals surface area contributed by atoms with E-state index in [9.17, 15) is 4.79 Å². The summed E-state index contributed by atoms with van der Waals surface area (Å²) < 4.78 is 10.6. The molecule has 0 unspecified atom stereocenters. The van der Waals surface area contributed by atoms with E-state index in [0.717, 1.165) is 30.2 Å². The number of primary amides is 1. The highest BCUT2D eigenvalue weighted by atomic mass is 35.5. The van der Waals surface area contributed by atoms with Gasteiger partial charge in [-0.15, -0.1) is 13.2 Å². The van der Waals surface area contributed by atoms with Crippen LogP contribution in [0.2, 0.25) is 15.1 Å². The average Bonchev–Trinajstić information content (AvgIpc) is 2.81. The molecule has 2 aromatic carbocycles. The van der Waals surface area contributed by atoms with Crippen molar-refractivity contribution in [3.05, 3.63) is 70.7 Å². The molecule has 0 saturated heterocycles. The molecular weight excluding hydrogens is 487 g/mol. The molecule has 0 bridgehead atoms. The molecule has 2 aromatic rings. The molecule has 0 aliphatic rings. The minimum absolute atomic E-state index is 0.0258. The third kappa shape index (κ3) is 17.9. The number of rotatable bonds is 9. The van der Waals surface area contributed by atoms with Crippen molar-refractivity contribution in [2.45, 2.75) is 32.2 Å². The third-order valence-electron chi connectivity index (χ3n) is 3.91. The SMILES string of the molecule is C=C.CNC(C)(C)CCCOc1ccc(Cl)cc1.NC=O.O=CCOc1ccc(Cl)c(Cl)c1. The number of aldehydes is 1. The number of hydrogen-bond acceptors (Lipinski definition) is 5. The molecule has 0 fully saturated rings. The smallest absolute Gasteiger partial charge is 0.204 e. The molecule has 0 spiro atoms. The molecule has 0 saturated carbocycles. The molecule has 0 aromatic heterocycles. The van der Waals surface area contributed by atoms with E-state index in [1.807, 2.05) is 31.3 Å². The maximum Gasteiger partial charge on any atom is 0.204 e. The number of carbonyl (C=O) groups is 2. The van der Waals surface area contributed by atoms with E-state index in [1.54, 1.807) is 18.2 Å². The maximum absolute atomic E-state index is 9.95. The van der Waals surface area contributed by atoms with E-state index in [0.29, 0.717) is 22.1 Å². The summed E-state index contributed by atoms with van der Waals surface area (Å²) in [5, 5.41) is 4.90. The van der Waals surface area contributed by atoms with Crippen molar-refractivity contribution in [1.29, 1.82) is 0 Å². The van der Waals surface area contributed by atoms with Gasteiger partial charge in [-0.25, -0.2) is 0 Å². The molecule has 9 heteroatoms. The fourth-order valence-electron chi connectivity index (χ4n) is 2.06. The van der Waals surface area contributed by atoms with Crippen molar-refractivity contribution < 1.29 is 19.1 Å². The number of carbonyl (C=O) groups excluding carboxylic acids is 2. The minimum Gasteiger partial charge on any atom is -0.494 e. The third-order valence-corrected chi connectivity index (χ3v) is 4.91. The quantitative estimate of drug-likeness (QED) is 0.242. The standard InChI is InChI=1S/C13H20ClNO.C8H6Cl2O2.C2H4.CH3NO/c1-13(2,15-3)9-4-10-16-12-7-5-11(14)6-8-12;9-7-2-1-6(5-8(7)10)12-4-3-11;1-2;2-1-3/h5-8,15H,4,9-10H2,1-3H3;1-3,5H,4H2;1-2H2;1H,(H2,2,3). The van der Waals surface area contributed by atoms with Crippen LogP contribution in [0.4, 0.5) is 0 Å². The van der Waals surface area contributed by atoms with Crippen molar-refractivity contribution in [2.24, 2.45) is 5.73 Å². The zero-order chi connectivity index (χ0) is 25.7. The van der Waals surface area contributed by atoms with E-state index in [2.05, 4.69) is 38.1 Å². The summed E-state index contributed by atoms with van der Waals surface area (Å²) in [6.45, 7) is 11.1. The molecular formula is C24H33Cl3N2O4. The number of hydrogen-bond donors (Lipinski definition) is 2. The molecule has 1 amide bonds. The van der Waals surface area contributed by atoms with Crippen molar-refractivity contribution >= 4 is 47.5 Å². The van der Waals surface area contributed by atoms with Gasteiger partial charge >= 0.3 is 0 Å². The lowest BCUT2D eigenvalue weighted by Gasteiger charge is -2.23. The fourth-order valence-corrected chi connectivity index (χ4v) is 2.47. The largest absolute Gasteiger partial charge is 0.494 e. The van der Waals surface area contributed by atoms with Crippen LogP contribution in [0.1, 0.15) is 26.7 Å². The van der Waals surface area contributed by atoms with Crippen LogP contribution in [0.5, 0.6) is 11.5 Å². The Balaban J connectivity index is 0. The van der Waals surface area contributed by atoms with Crippen LogP contribution in [0.3, 0.4) is 0 Å². The first kappa shape index (κ1) is 32.9. The highest BCUT2D eigenvalue weighted by molar-refractivity contribution is 6.42. The van der Waals surface area contributed by atoms with Crippen molar-refractivity contribution in [1.82, 2.24) is 5.32 Å². The zero-order valence-electron chi connectivity index (χ0n) is 19.3. The number of amides is 1. The van der Waals surface area contributed by atoms with Crippen LogP contribution < -0.4 is 20.5 Å². The number of halogens is 3. The Morgan fingerprint density at radius 3 is 2.00 bits per heavy atom. The number of benzene rings is 2. The van der Waals surface area contributed by atoms with Gasteiger partial charge in [0.1, 0.15) is 18.1 Å². The second-order valence-electron chi connectivity index (χ2n) is 6.73. The van der Waals surface area contributed by atoms with Gasteiger partial charge in [0.25, 0.3) is 0 Å². The second kappa shape index (κ2) is 20.4. The van der Waals surface area contributed by atoms with Crippen molar-refractivity contribution in [2.75, 3.05) is 20.3 Å². The molecule has 184 valence electrons. The van der Waals surface area contributed by atoms with E-state index in [1.165, 1.54) is 0 Å². The Labute approximate surface area is 212 Å². The molecule has 33 heavy (non-hydrogen) atoms. The van der Waals surface area contributed by atoms with Crippen LogP contribution >= 0.6 is 34.8 Å². The Morgan fingerprint density at radius 1 is 0.970 bits per heavy atom. The molecule has 2 rings (SSSR count). The van der Waals surface area contributed by atoms with Crippen LogP contribution in [0.15, 0.2) is 55.6 Å². The second-order valence-corrected chi connectivity index (χ2v) is 7.98.